The van der Waals surface area contributed by atoms with E-state index in [0.717, 1.165) is 12.1 Å². The predicted octanol–water partition coefficient (Wildman–Crippen LogP) is 2.25. The Morgan fingerprint density at radius 3 is 2.61 bits per heavy atom. The van der Waals surface area contributed by atoms with Crippen molar-refractivity contribution < 1.29 is 27.4 Å². The molecule has 0 saturated carbocycles. The van der Waals surface area contributed by atoms with E-state index < -0.39 is 25.2 Å². The predicted molar refractivity (Wildman–Crippen MR) is 56.1 cm³/mol. The van der Waals surface area contributed by atoms with E-state index in [0.29, 0.717) is 5.56 Å². The molecule has 0 aliphatic carbocycles. The van der Waals surface area contributed by atoms with Crippen molar-refractivity contribution in [3.8, 4) is 11.8 Å². The standard InChI is InChI=1S/C12H10F4O2/c13-11-4-3-10(7-18-8-12(14,15)16)9(6-11)2-1-5-17/h3-4,6,17H,5,7-8H2. The van der Waals surface area contributed by atoms with Gasteiger partial charge >= 0.3 is 6.18 Å². The van der Waals surface area contributed by atoms with Crippen molar-refractivity contribution in [1.29, 1.82) is 0 Å². The number of aliphatic hydroxyl groups excluding tert-OH is 1. The van der Waals surface area contributed by atoms with Gasteiger partial charge < -0.3 is 9.84 Å². The van der Waals surface area contributed by atoms with Crippen LogP contribution in [0.4, 0.5) is 17.6 Å². The van der Waals surface area contributed by atoms with Crippen LogP contribution in [0, 0.1) is 17.7 Å². The fourth-order valence-electron chi connectivity index (χ4n) is 1.20. The average Bonchev–Trinajstić information content (AvgIpc) is 2.27. The number of aliphatic hydroxyl groups is 1. The van der Waals surface area contributed by atoms with Gasteiger partial charge in [-0.15, -0.1) is 0 Å². The largest absolute Gasteiger partial charge is 0.411 e. The molecule has 0 aromatic heterocycles. The van der Waals surface area contributed by atoms with Crippen molar-refractivity contribution >= 4 is 0 Å². The second-order valence-corrected chi connectivity index (χ2v) is 3.37. The van der Waals surface area contributed by atoms with Gasteiger partial charge in [-0.25, -0.2) is 4.39 Å². The van der Waals surface area contributed by atoms with Crippen LogP contribution in [0.5, 0.6) is 0 Å². The quantitative estimate of drug-likeness (QED) is 0.668. The Bertz CT molecular complexity index is 457. The summed E-state index contributed by atoms with van der Waals surface area (Å²) in [5, 5.41) is 8.52. The fraction of sp³-hybridized carbons (Fsp3) is 0.333. The van der Waals surface area contributed by atoms with E-state index >= 15 is 0 Å². The van der Waals surface area contributed by atoms with E-state index in [4.69, 9.17) is 5.11 Å². The summed E-state index contributed by atoms with van der Waals surface area (Å²) in [5.74, 6) is 4.19. The Labute approximate surface area is 101 Å². The van der Waals surface area contributed by atoms with Crippen molar-refractivity contribution in [2.75, 3.05) is 13.2 Å². The lowest BCUT2D eigenvalue weighted by atomic mass is 10.1. The molecule has 0 atom stereocenters. The van der Waals surface area contributed by atoms with Crippen LogP contribution >= 0.6 is 0 Å². The molecule has 98 valence electrons. The third-order valence-electron chi connectivity index (χ3n) is 1.90. The first-order valence-electron chi connectivity index (χ1n) is 4.95. The summed E-state index contributed by atoms with van der Waals surface area (Å²) in [6.07, 6.45) is -4.41. The molecule has 1 N–H and O–H groups in total. The first kappa shape index (κ1) is 14.5. The second kappa shape index (κ2) is 6.38. The summed E-state index contributed by atoms with van der Waals surface area (Å²) in [4.78, 5) is 0. The third kappa shape index (κ3) is 5.17. The van der Waals surface area contributed by atoms with Crippen LogP contribution in [0.15, 0.2) is 18.2 Å². The molecule has 0 aliphatic heterocycles. The number of alkyl halides is 3. The van der Waals surface area contributed by atoms with E-state index in [1.807, 2.05) is 0 Å². The molecular weight excluding hydrogens is 252 g/mol. The minimum absolute atomic E-state index is 0.200. The Morgan fingerprint density at radius 1 is 1.28 bits per heavy atom. The highest BCUT2D eigenvalue weighted by atomic mass is 19.4. The van der Waals surface area contributed by atoms with Crippen molar-refractivity contribution in [2.45, 2.75) is 12.8 Å². The molecule has 0 fully saturated rings. The van der Waals surface area contributed by atoms with E-state index in [-0.39, 0.29) is 12.2 Å². The van der Waals surface area contributed by atoms with Gasteiger partial charge in [-0.1, -0.05) is 17.9 Å². The molecule has 1 aromatic carbocycles. The maximum absolute atomic E-state index is 12.9. The van der Waals surface area contributed by atoms with Gasteiger partial charge in [-0.05, 0) is 17.7 Å². The zero-order chi connectivity index (χ0) is 13.6. The fourth-order valence-corrected chi connectivity index (χ4v) is 1.20. The van der Waals surface area contributed by atoms with Crippen molar-refractivity contribution in [2.24, 2.45) is 0 Å². The molecular formula is C12H10F4O2. The summed E-state index contributed by atoms with van der Waals surface area (Å²) >= 11 is 0. The normalized spacial score (nSPS) is 10.9. The highest BCUT2D eigenvalue weighted by molar-refractivity contribution is 5.41. The lowest BCUT2D eigenvalue weighted by molar-refractivity contribution is -0.176. The molecule has 2 nitrogen and oxygen atoms in total. The lowest BCUT2D eigenvalue weighted by Crippen LogP contribution is -2.16. The van der Waals surface area contributed by atoms with Crippen LogP contribution in [-0.4, -0.2) is 24.5 Å². The number of benzene rings is 1. The Kier molecular flexibility index (Phi) is 5.13. The molecule has 6 heteroatoms. The molecule has 0 aliphatic rings. The Hall–Kier alpha value is -1.58. The second-order valence-electron chi connectivity index (χ2n) is 3.37. The van der Waals surface area contributed by atoms with Crippen molar-refractivity contribution in [1.82, 2.24) is 0 Å². The van der Waals surface area contributed by atoms with Gasteiger partial charge in [-0.2, -0.15) is 13.2 Å². The van der Waals surface area contributed by atoms with Gasteiger partial charge in [0.05, 0.1) is 6.61 Å². The zero-order valence-corrected chi connectivity index (χ0v) is 9.22. The van der Waals surface area contributed by atoms with E-state index in [1.165, 1.54) is 6.07 Å². The van der Waals surface area contributed by atoms with Crippen molar-refractivity contribution in [3.63, 3.8) is 0 Å². The van der Waals surface area contributed by atoms with Crippen LogP contribution in [-0.2, 0) is 11.3 Å². The smallest absolute Gasteiger partial charge is 0.384 e. The summed E-state index contributed by atoms with van der Waals surface area (Å²) < 4.78 is 53.0. The minimum atomic E-state index is -4.41. The number of hydrogen-bond acceptors (Lipinski definition) is 2. The number of ether oxygens (including phenoxy) is 1. The van der Waals surface area contributed by atoms with Gasteiger partial charge in [0, 0.05) is 5.56 Å². The number of rotatable bonds is 3. The summed E-state index contributed by atoms with van der Waals surface area (Å²) in [6, 6.07) is 3.48. The minimum Gasteiger partial charge on any atom is -0.384 e. The van der Waals surface area contributed by atoms with Gasteiger partial charge in [0.25, 0.3) is 0 Å². The van der Waals surface area contributed by atoms with Crippen LogP contribution in [0.2, 0.25) is 0 Å². The zero-order valence-electron chi connectivity index (χ0n) is 9.22. The van der Waals surface area contributed by atoms with Crippen LogP contribution in [0.25, 0.3) is 0 Å². The molecule has 0 bridgehead atoms. The van der Waals surface area contributed by atoms with Crippen LogP contribution in [0.3, 0.4) is 0 Å². The first-order valence-corrected chi connectivity index (χ1v) is 4.95. The Balaban J connectivity index is 2.75. The molecule has 0 amide bonds. The molecule has 18 heavy (non-hydrogen) atoms. The molecule has 0 heterocycles. The van der Waals surface area contributed by atoms with Crippen molar-refractivity contribution in [3.05, 3.63) is 35.1 Å². The highest BCUT2D eigenvalue weighted by Crippen LogP contribution is 2.17. The average molecular weight is 262 g/mol. The SMILES string of the molecule is OCC#Cc1cc(F)ccc1COCC(F)(F)F. The molecule has 0 saturated heterocycles. The van der Waals surface area contributed by atoms with Gasteiger partial charge in [0.2, 0.25) is 0 Å². The number of halogens is 4. The molecule has 0 unspecified atom stereocenters. The third-order valence-corrected chi connectivity index (χ3v) is 1.90. The molecule has 0 radical (unpaired) electrons. The summed E-state index contributed by atoms with van der Waals surface area (Å²) in [6.45, 7) is -2.12. The van der Waals surface area contributed by atoms with E-state index in [1.54, 1.807) is 0 Å². The maximum atomic E-state index is 12.9. The van der Waals surface area contributed by atoms with Crippen LogP contribution < -0.4 is 0 Å². The topological polar surface area (TPSA) is 29.5 Å². The van der Waals surface area contributed by atoms with Gasteiger partial charge in [0.1, 0.15) is 19.0 Å². The molecule has 1 rings (SSSR count). The van der Waals surface area contributed by atoms with E-state index in [9.17, 15) is 17.6 Å². The van der Waals surface area contributed by atoms with Gasteiger partial charge in [-0.3, -0.25) is 0 Å². The first-order chi connectivity index (χ1) is 8.42. The highest BCUT2D eigenvalue weighted by Gasteiger charge is 2.27. The molecule has 0 spiro atoms. The monoisotopic (exact) mass is 262 g/mol. The summed E-state index contributed by atoms with van der Waals surface area (Å²) in [5.41, 5.74) is 0.535. The maximum Gasteiger partial charge on any atom is 0.411 e. The van der Waals surface area contributed by atoms with E-state index in [2.05, 4.69) is 16.6 Å². The Morgan fingerprint density at radius 2 is 2.00 bits per heavy atom. The van der Waals surface area contributed by atoms with Gasteiger partial charge in [0.15, 0.2) is 0 Å². The molecule has 1 aromatic rings. The summed E-state index contributed by atoms with van der Waals surface area (Å²) in [7, 11) is 0. The lowest BCUT2D eigenvalue weighted by Gasteiger charge is -2.09. The number of hydrogen-bond donors (Lipinski definition) is 1. The van der Waals surface area contributed by atoms with Crippen LogP contribution in [0.1, 0.15) is 11.1 Å².